The summed E-state index contributed by atoms with van der Waals surface area (Å²) in [4.78, 5) is 23.6. The number of carbonyl (C=O) groups is 2. The van der Waals surface area contributed by atoms with Gasteiger partial charge in [0.2, 0.25) is 5.91 Å². The van der Waals surface area contributed by atoms with Crippen LogP contribution in [-0.2, 0) is 9.59 Å². The van der Waals surface area contributed by atoms with Crippen molar-refractivity contribution >= 4 is 35.8 Å². The van der Waals surface area contributed by atoms with Crippen LogP contribution in [0, 0.1) is 0 Å². The standard InChI is InChI=1S/C16H20ClN3O3.ClH/c1-18-6-13(21)19-15-8-16(9-15,10-15)20-14(22)7-23-12-4-2-11(17)3-5-12;/h2-5,18H,6-10H2,1H3,(H,19,21)(H,20,22);1H. The average Bonchev–Trinajstić information content (AvgIpc) is 2.43. The van der Waals surface area contributed by atoms with Gasteiger partial charge >= 0.3 is 0 Å². The number of carbonyl (C=O) groups excluding carboxylic acids is 2. The van der Waals surface area contributed by atoms with Crippen molar-refractivity contribution in [1.29, 1.82) is 0 Å². The second kappa shape index (κ2) is 7.17. The summed E-state index contributed by atoms with van der Waals surface area (Å²) < 4.78 is 5.43. The number of hydrogen-bond donors (Lipinski definition) is 3. The second-order valence-corrected chi connectivity index (χ2v) is 6.90. The minimum Gasteiger partial charge on any atom is -0.484 e. The first-order chi connectivity index (χ1) is 10.9. The molecule has 0 heterocycles. The Kier molecular flexibility index (Phi) is 5.63. The minimum absolute atomic E-state index is 0. The maximum atomic E-state index is 12.0. The van der Waals surface area contributed by atoms with Gasteiger partial charge in [-0.1, -0.05) is 11.6 Å². The lowest BCUT2D eigenvalue weighted by Gasteiger charge is -2.70. The Morgan fingerprint density at radius 3 is 2.17 bits per heavy atom. The summed E-state index contributed by atoms with van der Waals surface area (Å²) in [6, 6.07) is 6.88. The Labute approximate surface area is 152 Å². The zero-order valence-corrected chi connectivity index (χ0v) is 14.9. The summed E-state index contributed by atoms with van der Waals surface area (Å²) in [5, 5.41) is 9.49. The molecule has 6 nitrogen and oxygen atoms in total. The van der Waals surface area contributed by atoms with Crippen molar-refractivity contribution in [3.05, 3.63) is 29.3 Å². The number of benzene rings is 1. The lowest BCUT2D eigenvalue weighted by Crippen LogP contribution is -2.84. The normalized spacial score (nSPS) is 26.2. The zero-order chi connectivity index (χ0) is 16.5. The van der Waals surface area contributed by atoms with E-state index in [1.54, 1.807) is 31.3 Å². The molecular formula is C16H21Cl2N3O3. The molecule has 1 aromatic rings. The Morgan fingerprint density at radius 2 is 1.62 bits per heavy atom. The van der Waals surface area contributed by atoms with Gasteiger partial charge in [0, 0.05) is 16.1 Å². The molecule has 3 aliphatic rings. The van der Waals surface area contributed by atoms with Crippen molar-refractivity contribution in [1.82, 2.24) is 16.0 Å². The Balaban J connectivity index is 0.00000208. The molecule has 3 fully saturated rings. The molecule has 0 unspecified atom stereocenters. The van der Waals surface area contributed by atoms with E-state index < -0.39 is 0 Å². The number of amides is 2. The summed E-state index contributed by atoms with van der Waals surface area (Å²) >= 11 is 5.79. The van der Waals surface area contributed by atoms with E-state index in [-0.39, 0.29) is 41.9 Å². The summed E-state index contributed by atoms with van der Waals surface area (Å²) in [5.74, 6) is 0.464. The molecular weight excluding hydrogens is 353 g/mol. The molecule has 0 atom stereocenters. The van der Waals surface area contributed by atoms with Gasteiger partial charge in [0.05, 0.1) is 6.54 Å². The fourth-order valence-electron chi connectivity index (χ4n) is 3.57. The molecule has 0 radical (unpaired) electrons. The van der Waals surface area contributed by atoms with E-state index in [9.17, 15) is 9.59 Å². The van der Waals surface area contributed by atoms with Crippen LogP contribution in [-0.4, -0.2) is 43.1 Å². The lowest BCUT2D eigenvalue weighted by atomic mass is 9.44. The van der Waals surface area contributed by atoms with E-state index in [2.05, 4.69) is 16.0 Å². The minimum atomic E-state index is -0.159. The molecule has 132 valence electrons. The lowest BCUT2D eigenvalue weighted by molar-refractivity contribution is -0.150. The first kappa shape index (κ1) is 18.8. The van der Waals surface area contributed by atoms with Crippen LogP contribution in [0.3, 0.4) is 0 Å². The first-order valence-corrected chi connectivity index (χ1v) is 7.97. The van der Waals surface area contributed by atoms with Crippen molar-refractivity contribution < 1.29 is 14.3 Å². The maximum absolute atomic E-state index is 12.0. The van der Waals surface area contributed by atoms with Crippen LogP contribution in [0.15, 0.2) is 24.3 Å². The van der Waals surface area contributed by atoms with Gasteiger partial charge in [0.25, 0.3) is 5.91 Å². The Bertz CT molecular complexity index is 602. The highest BCUT2D eigenvalue weighted by molar-refractivity contribution is 6.30. The Morgan fingerprint density at radius 1 is 1.08 bits per heavy atom. The van der Waals surface area contributed by atoms with Crippen molar-refractivity contribution in [2.75, 3.05) is 20.2 Å². The third-order valence-corrected chi connectivity index (χ3v) is 4.61. The van der Waals surface area contributed by atoms with Crippen LogP contribution in [0.4, 0.5) is 0 Å². The third-order valence-electron chi connectivity index (χ3n) is 4.36. The van der Waals surface area contributed by atoms with E-state index in [0.717, 1.165) is 19.3 Å². The maximum Gasteiger partial charge on any atom is 0.258 e. The van der Waals surface area contributed by atoms with Gasteiger partial charge in [-0.3, -0.25) is 9.59 Å². The summed E-state index contributed by atoms with van der Waals surface area (Å²) in [6.07, 6.45) is 2.38. The topological polar surface area (TPSA) is 79.5 Å². The van der Waals surface area contributed by atoms with Crippen LogP contribution in [0.2, 0.25) is 5.02 Å². The quantitative estimate of drug-likeness (QED) is 0.672. The molecule has 3 N–H and O–H groups in total. The SMILES string of the molecule is CNCC(=O)NC12CC(NC(=O)COc3ccc(Cl)cc3)(C1)C2.Cl. The van der Waals surface area contributed by atoms with Gasteiger partial charge in [-0.2, -0.15) is 0 Å². The molecule has 2 amide bonds. The molecule has 2 bridgehead atoms. The third kappa shape index (κ3) is 3.94. The smallest absolute Gasteiger partial charge is 0.258 e. The molecule has 3 saturated carbocycles. The number of ether oxygens (including phenoxy) is 1. The van der Waals surface area contributed by atoms with Crippen molar-refractivity contribution in [3.63, 3.8) is 0 Å². The number of likely N-dealkylation sites (N-methyl/N-ethyl adjacent to an activating group) is 1. The van der Waals surface area contributed by atoms with Gasteiger partial charge in [-0.25, -0.2) is 0 Å². The molecule has 0 spiro atoms. The second-order valence-electron chi connectivity index (χ2n) is 6.46. The largest absolute Gasteiger partial charge is 0.484 e. The average molecular weight is 374 g/mol. The fraction of sp³-hybridized carbons (Fsp3) is 0.500. The van der Waals surface area contributed by atoms with E-state index >= 15 is 0 Å². The van der Waals surface area contributed by atoms with E-state index in [1.165, 1.54) is 0 Å². The summed E-state index contributed by atoms with van der Waals surface area (Å²) in [5.41, 5.74) is -0.272. The number of nitrogens with one attached hydrogen (secondary N) is 3. The molecule has 0 saturated heterocycles. The molecule has 0 aromatic heterocycles. The predicted octanol–water partition coefficient (Wildman–Crippen LogP) is 1.27. The monoisotopic (exact) mass is 373 g/mol. The highest BCUT2D eigenvalue weighted by Crippen LogP contribution is 2.60. The number of hydrogen-bond acceptors (Lipinski definition) is 4. The van der Waals surface area contributed by atoms with Crippen molar-refractivity contribution in [2.24, 2.45) is 0 Å². The highest BCUT2D eigenvalue weighted by atomic mass is 35.5. The number of rotatable bonds is 7. The van der Waals surface area contributed by atoms with Gasteiger partial charge in [0.15, 0.2) is 6.61 Å². The van der Waals surface area contributed by atoms with Crippen molar-refractivity contribution in [2.45, 2.75) is 30.3 Å². The number of halogens is 2. The molecule has 8 heteroatoms. The molecule has 24 heavy (non-hydrogen) atoms. The van der Waals surface area contributed by atoms with Gasteiger partial charge < -0.3 is 20.7 Å². The summed E-state index contributed by atoms with van der Waals surface area (Å²) in [7, 11) is 1.74. The van der Waals surface area contributed by atoms with Crippen molar-refractivity contribution in [3.8, 4) is 5.75 Å². The molecule has 0 aliphatic heterocycles. The molecule has 1 aromatic carbocycles. The zero-order valence-electron chi connectivity index (χ0n) is 13.4. The first-order valence-electron chi connectivity index (χ1n) is 7.59. The molecule has 3 aliphatic carbocycles. The molecule has 4 rings (SSSR count). The predicted molar refractivity (Wildman–Crippen MR) is 93.7 cm³/mol. The van der Waals surface area contributed by atoms with Crippen LogP contribution < -0.4 is 20.7 Å². The van der Waals surface area contributed by atoms with Crippen LogP contribution in [0.1, 0.15) is 19.3 Å². The highest BCUT2D eigenvalue weighted by Gasteiger charge is 2.69. The van der Waals surface area contributed by atoms with Gasteiger partial charge in [-0.05, 0) is 50.6 Å². The van der Waals surface area contributed by atoms with E-state index in [0.29, 0.717) is 17.3 Å². The van der Waals surface area contributed by atoms with Gasteiger partial charge in [-0.15, -0.1) is 12.4 Å². The van der Waals surface area contributed by atoms with Crippen LogP contribution >= 0.6 is 24.0 Å². The summed E-state index contributed by atoms with van der Waals surface area (Å²) in [6.45, 7) is 0.290. The Hall–Kier alpha value is -1.50. The van der Waals surface area contributed by atoms with Crippen LogP contribution in [0.25, 0.3) is 0 Å². The van der Waals surface area contributed by atoms with Crippen LogP contribution in [0.5, 0.6) is 5.75 Å². The van der Waals surface area contributed by atoms with E-state index in [1.807, 2.05) is 0 Å². The fourth-order valence-corrected chi connectivity index (χ4v) is 3.69. The van der Waals surface area contributed by atoms with Gasteiger partial charge in [0.1, 0.15) is 5.75 Å². The van der Waals surface area contributed by atoms with E-state index in [4.69, 9.17) is 16.3 Å².